The molecule has 6 nitrogen and oxygen atoms in total. The Labute approximate surface area is 118 Å². The van der Waals surface area contributed by atoms with Crippen LogP contribution in [0.2, 0.25) is 0 Å². The minimum atomic E-state index is -3.69. The molecule has 0 saturated heterocycles. The van der Waals surface area contributed by atoms with Gasteiger partial charge in [0.25, 0.3) is 0 Å². The number of benzene rings is 1. The quantitative estimate of drug-likeness (QED) is 0.715. The minimum Gasteiger partial charge on any atom is -0.493 e. The van der Waals surface area contributed by atoms with E-state index in [2.05, 4.69) is 4.72 Å². The molecular formula is C13H19NO5S. The van der Waals surface area contributed by atoms with Gasteiger partial charge in [-0.2, -0.15) is 0 Å². The Morgan fingerprint density at radius 1 is 1.35 bits per heavy atom. The van der Waals surface area contributed by atoms with Crippen molar-refractivity contribution in [1.29, 1.82) is 0 Å². The van der Waals surface area contributed by atoms with Gasteiger partial charge in [0.2, 0.25) is 10.0 Å². The molecular weight excluding hydrogens is 282 g/mol. The molecule has 0 amide bonds. The summed E-state index contributed by atoms with van der Waals surface area (Å²) in [6.07, 6.45) is 1.59. The first-order valence-corrected chi connectivity index (χ1v) is 7.90. The Bertz CT molecular complexity index is 568. The van der Waals surface area contributed by atoms with Crippen molar-refractivity contribution in [2.45, 2.75) is 31.6 Å². The number of carboxylic acids is 1. The van der Waals surface area contributed by atoms with Crippen LogP contribution in [0.15, 0.2) is 23.1 Å². The highest BCUT2D eigenvalue weighted by Gasteiger charge is 2.19. The average molecular weight is 301 g/mol. The normalized spacial score (nSPS) is 11.3. The van der Waals surface area contributed by atoms with Crippen LogP contribution in [-0.4, -0.2) is 32.6 Å². The van der Waals surface area contributed by atoms with Crippen molar-refractivity contribution >= 4 is 16.0 Å². The third-order valence-electron chi connectivity index (χ3n) is 2.61. The number of rotatable bonds is 8. The topological polar surface area (TPSA) is 92.7 Å². The van der Waals surface area contributed by atoms with Crippen LogP contribution in [0.1, 0.15) is 37.0 Å². The van der Waals surface area contributed by atoms with Crippen molar-refractivity contribution in [2.75, 3.05) is 13.2 Å². The van der Waals surface area contributed by atoms with Gasteiger partial charge < -0.3 is 9.84 Å². The summed E-state index contributed by atoms with van der Waals surface area (Å²) < 4.78 is 31.6. The van der Waals surface area contributed by atoms with Crippen LogP contribution in [0.4, 0.5) is 0 Å². The Hall–Kier alpha value is -1.60. The fraction of sp³-hybridized carbons (Fsp3) is 0.462. The second-order valence-corrected chi connectivity index (χ2v) is 5.91. The number of hydrogen-bond donors (Lipinski definition) is 2. The molecule has 2 N–H and O–H groups in total. The summed E-state index contributed by atoms with van der Waals surface area (Å²) in [4.78, 5) is 11.1. The van der Waals surface area contributed by atoms with Crippen molar-refractivity contribution in [3.63, 3.8) is 0 Å². The lowest BCUT2D eigenvalue weighted by molar-refractivity contribution is 0.0692. The molecule has 0 unspecified atom stereocenters. The highest BCUT2D eigenvalue weighted by molar-refractivity contribution is 7.89. The van der Waals surface area contributed by atoms with E-state index < -0.39 is 16.0 Å². The maximum atomic E-state index is 12.0. The van der Waals surface area contributed by atoms with E-state index in [9.17, 15) is 13.2 Å². The molecule has 0 aromatic heterocycles. The number of ether oxygens (including phenoxy) is 1. The molecule has 0 aliphatic heterocycles. The summed E-state index contributed by atoms with van der Waals surface area (Å²) in [5, 5.41) is 9.10. The lowest BCUT2D eigenvalue weighted by atomic mass is 10.2. The molecule has 0 fully saturated rings. The maximum Gasteiger partial charge on any atom is 0.339 e. The van der Waals surface area contributed by atoms with Gasteiger partial charge in [-0.05, 0) is 31.5 Å². The monoisotopic (exact) mass is 301 g/mol. The smallest absolute Gasteiger partial charge is 0.339 e. The van der Waals surface area contributed by atoms with Crippen LogP contribution in [0.3, 0.4) is 0 Å². The predicted octanol–water partition coefficient (Wildman–Crippen LogP) is 1.86. The Balaban J connectivity index is 3.07. The molecule has 0 saturated carbocycles. The van der Waals surface area contributed by atoms with Gasteiger partial charge in [-0.1, -0.05) is 13.3 Å². The number of sulfonamides is 1. The zero-order valence-electron chi connectivity index (χ0n) is 11.5. The SMILES string of the molecule is CCCCNS(=O)(=O)c1ccc(OCC)c(C(=O)O)c1. The van der Waals surface area contributed by atoms with E-state index in [1.165, 1.54) is 12.1 Å². The van der Waals surface area contributed by atoms with Crippen LogP contribution in [0.5, 0.6) is 5.75 Å². The van der Waals surface area contributed by atoms with Crippen molar-refractivity contribution in [3.05, 3.63) is 23.8 Å². The molecule has 1 aromatic carbocycles. The van der Waals surface area contributed by atoms with E-state index >= 15 is 0 Å². The van der Waals surface area contributed by atoms with Crippen LogP contribution in [-0.2, 0) is 10.0 Å². The zero-order valence-corrected chi connectivity index (χ0v) is 12.4. The number of nitrogens with one attached hydrogen (secondary N) is 1. The fourth-order valence-electron chi connectivity index (χ4n) is 1.59. The number of carboxylic acid groups (broad SMARTS) is 1. The van der Waals surface area contributed by atoms with Crippen LogP contribution >= 0.6 is 0 Å². The summed E-state index contributed by atoms with van der Waals surface area (Å²) in [5.74, 6) is -1.06. The van der Waals surface area contributed by atoms with Gasteiger partial charge >= 0.3 is 5.97 Å². The van der Waals surface area contributed by atoms with Crippen molar-refractivity contribution in [3.8, 4) is 5.75 Å². The van der Waals surface area contributed by atoms with Crippen molar-refractivity contribution in [2.24, 2.45) is 0 Å². The van der Waals surface area contributed by atoms with Gasteiger partial charge in [0.1, 0.15) is 11.3 Å². The summed E-state index contributed by atoms with van der Waals surface area (Å²) in [5.41, 5.74) is -0.162. The lowest BCUT2D eigenvalue weighted by Gasteiger charge is -2.10. The first-order chi connectivity index (χ1) is 9.42. The van der Waals surface area contributed by atoms with Crippen LogP contribution < -0.4 is 9.46 Å². The lowest BCUT2D eigenvalue weighted by Crippen LogP contribution is -2.25. The molecule has 0 aliphatic rings. The molecule has 20 heavy (non-hydrogen) atoms. The van der Waals surface area contributed by atoms with Gasteiger partial charge in [-0.3, -0.25) is 0 Å². The largest absolute Gasteiger partial charge is 0.493 e. The summed E-state index contributed by atoms with van der Waals surface area (Å²) >= 11 is 0. The molecule has 0 aliphatic carbocycles. The highest BCUT2D eigenvalue weighted by atomic mass is 32.2. The molecule has 1 aromatic rings. The molecule has 7 heteroatoms. The molecule has 1 rings (SSSR count). The van der Waals surface area contributed by atoms with Crippen molar-refractivity contribution < 1.29 is 23.1 Å². The van der Waals surface area contributed by atoms with E-state index in [0.29, 0.717) is 13.2 Å². The predicted molar refractivity (Wildman–Crippen MR) is 74.7 cm³/mol. The standard InChI is InChI=1S/C13H19NO5S/c1-3-5-8-14-20(17,18)10-6-7-12(19-4-2)11(9-10)13(15)16/h6-7,9,14H,3-5,8H2,1-2H3,(H,15,16). The number of aromatic carboxylic acids is 1. The van der Waals surface area contributed by atoms with Gasteiger partial charge in [0, 0.05) is 6.54 Å². The minimum absolute atomic E-state index is 0.0746. The number of carbonyl (C=O) groups is 1. The van der Waals surface area contributed by atoms with Gasteiger partial charge in [-0.25, -0.2) is 17.9 Å². The maximum absolute atomic E-state index is 12.0. The molecule has 0 spiro atoms. The van der Waals surface area contributed by atoms with Crippen LogP contribution in [0, 0.1) is 0 Å². The molecule has 0 bridgehead atoms. The van der Waals surface area contributed by atoms with Gasteiger partial charge in [0.15, 0.2) is 0 Å². The van der Waals surface area contributed by atoms with Gasteiger partial charge in [0.05, 0.1) is 11.5 Å². The highest BCUT2D eigenvalue weighted by Crippen LogP contribution is 2.22. The average Bonchev–Trinajstić information content (AvgIpc) is 2.39. The summed E-state index contributed by atoms with van der Waals surface area (Å²) in [7, 11) is -3.69. The third kappa shape index (κ3) is 4.21. The first kappa shape index (κ1) is 16.5. The number of hydrogen-bond acceptors (Lipinski definition) is 4. The zero-order chi connectivity index (χ0) is 15.2. The molecule has 0 radical (unpaired) electrons. The number of unbranched alkanes of at least 4 members (excludes halogenated alkanes) is 1. The van der Waals surface area contributed by atoms with Crippen LogP contribution in [0.25, 0.3) is 0 Å². The van der Waals surface area contributed by atoms with E-state index in [0.717, 1.165) is 18.9 Å². The third-order valence-corrected chi connectivity index (χ3v) is 4.07. The van der Waals surface area contributed by atoms with E-state index in [1.54, 1.807) is 6.92 Å². The van der Waals surface area contributed by atoms with E-state index in [4.69, 9.17) is 9.84 Å². The van der Waals surface area contributed by atoms with E-state index in [-0.39, 0.29) is 16.2 Å². The van der Waals surface area contributed by atoms with Gasteiger partial charge in [-0.15, -0.1) is 0 Å². The Morgan fingerprint density at radius 3 is 2.60 bits per heavy atom. The Morgan fingerprint density at radius 2 is 2.05 bits per heavy atom. The second-order valence-electron chi connectivity index (χ2n) is 4.15. The molecule has 112 valence electrons. The first-order valence-electron chi connectivity index (χ1n) is 6.42. The Kier molecular flexibility index (Phi) is 5.97. The molecule has 0 heterocycles. The molecule has 0 atom stereocenters. The van der Waals surface area contributed by atoms with E-state index in [1.807, 2.05) is 6.92 Å². The fourth-order valence-corrected chi connectivity index (χ4v) is 2.69. The summed E-state index contributed by atoms with van der Waals surface area (Å²) in [6, 6.07) is 3.81. The summed E-state index contributed by atoms with van der Waals surface area (Å²) in [6.45, 7) is 4.31. The van der Waals surface area contributed by atoms with Crippen molar-refractivity contribution in [1.82, 2.24) is 4.72 Å². The second kappa shape index (κ2) is 7.25.